The maximum atomic E-state index is 12.1. The number of fused-ring (bicyclic) bond motifs is 1. The molecule has 12 heteroatoms. The van der Waals surface area contributed by atoms with E-state index in [1.807, 2.05) is 6.07 Å². The van der Waals surface area contributed by atoms with Gasteiger partial charge in [-0.1, -0.05) is 6.07 Å². The molecule has 3 aromatic heterocycles. The van der Waals surface area contributed by atoms with E-state index in [4.69, 9.17) is 14.2 Å². The highest BCUT2D eigenvalue weighted by atomic mass is 32.2. The first-order valence-electron chi connectivity index (χ1n) is 9.12. The van der Waals surface area contributed by atoms with Crippen LogP contribution >= 0.6 is 11.3 Å². The molecule has 31 heavy (non-hydrogen) atoms. The maximum absolute atomic E-state index is 12.1. The third-order valence-electron chi connectivity index (χ3n) is 4.28. The van der Waals surface area contributed by atoms with Crippen molar-refractivity contribution in [2.75, 3.05) is 27.4 Å². The van der Waals surface area contributed by atoms with Gasteiger partial charge in [-0.05, 0) is 35.7 Å². The van der Waals surface area contributed by atoms with Crippen LogP contribution in [0.5, 0.6) is 17.4 Å². The number of hydrogen-bond donors (Lipinski definition) is 1. The van der Waals surface area contributed by atoms with Gasteiger partial charge in [-0.15, -0.1) is 26.6 Å². The molecule has 0 fully saturated rings. The highest BCUT2D eigenvalue weighted by Crippen LogP contribution is 2.31. The van der Waals surface area contributed by atoms with Crippen molar-refractivity contribution in [3.8, 4) is 28.8 Å². The predicted octanol–water partition coefficient (Wildman–Crippen LogP) is 2.23. The second-order valence-electron chi connectivity index (χ2n) is 6.21. The summed E-state index contributed by atoms with van der Waals surface area (Å²) >= 11 is 1.15. The van der Waals surface area contributed by atoms with Crippen molar-refractivity contribution >= 4 is 27.0 Å². The largest absolute Gasteiger partial charge is 0.493 e. The van der Waals surface area contributed by atoms with Crippen LogP contribution in [0.2, 0.25) is 0 Å². The topological polar surface area (TPSA) is 117 Å². The van der Waals surface area contributed by atoms with Crippen molar-refractivity contribution in [2.45, 2.75) is 4.21 Å². The maximum Gasteiger partial charge on any atom is 0.250 e. The molecular weight excluding hydrogens is 442 g/mol. The van der Waals surface area contributed by atoms with Crippen molar-refractivity contribution in [2.24, 2.45) is 0 Å². The molecule has 0 radical (unpaired) electrons. The average molecular weight is 462 g/mol. The lowest BCUT2D eigenvalue weighted by Crippen LogP contribution is -2.27. The fourth-order valence-electron chi connectivity index (χ4n) is 2.82. The van der Waals surface area contributed by atoms with Crippen molar-refractivity contribution in [3.05, 3.63) is 47.8 Å². The number of benzene rings is 1. The molecule has 162 valence electrons. The molecule has 4 aromatic rings. The Kier molecular flexibility index (Phi) is 6.02. The van der Waals surface area contributed by atoms with Crippen molar-refractivity contribution in [1.82, 2.24) is 24.5 Å². The van der Waals surface area contributed by atoms with Crippen LogP contribution in [0.1, 0.15) is 0 Å². The Morgan fingerprint density at radius 3 is 2.65 bits per heavy atom. The molecule has 1 aromatic carbocycles. The Labute approximate surface area is 182 Å². The SMILES string of the molecule is COc1ccc(-c2nnc3ccc(OCCNS(=O)(=O)c4cccs4)nn23)cc1OC. The third-order valence-corrected chi connectivity index (χ3v) is 7.14. The molecule has 0 saturated heterocycles. The van der Waals surface area contributed by atoms with Gasteiger partial charge >= 0.3 is 0 Å². The lowest BCUT2D eigenvalue weighted by molar-refractivity contribution is 0.306. The van der Waals surface area contributed by atoms with Gasteiger partial charge in [0, 0.05) is 18.2 Å². The Hall–Kier alpha value is -3.22. The fraction of sp³-hybridized carbons (Fsp3) is 0.211. The van der Waals surface area contributed by atoms with Gasteiger partial charge < -0.3 is 14.2 Å². The number of aromatic nitrogens is 4. The van der Waals surface area contributed by atoms with Crippen molar-refractivity contribution < 1.29 is 22.6 Å². The third kappa shape index (κ3) is 4.45. The molecule has 0 amide bonds. The quantitative estimate of drug-likeness (QED) is 0.377. The van der Waals surface area contributed by atoms with Crippen LogP contribution in [0.4, 0.5) is 0 Å². The zero-order valence-corrected chi connectivity index (χ0v) is 18.3. The summed E-state index contributed by atoms with van der Waals surface area (Å²) in [6, 6.07) is 12.0. The Morgan fingerprint density at radius 1 is 1.06 bits per heavy atom. The minimum Gasteiger partial charge on any atom is -0.493 e. The van der Waals surface area contributed by atoms with Crippen LogP contribution in [0, 0.1) is 0 Å². The fourth-order valence-corrected chi connectivity index (χ4v) is 4.87. The zero-order chi connectivity index (χ0) is 21.8. The highest BCUT2D eigenvalue weighted by molar-refractivity contribution is 7.91. The molecule has 0 saturated carbocycles. The molecule has 0 bridgehead atoms. The summed E-state index contributed by atoms with van der Waals surface area (Å²) in [5.41, 5.74) is 1.27. The number of thiophene rings is 1. The predicted molar refractivity (Wildman–Crippen MR) is 114 cm³/mol. The first-order valence-corrected chi connectivity index (χ1v) is 11.5. The highest BCUT2D eigenvalue weighted by Gasteiger charge is 2.15. The summed E-state index contributed by atoms with van der Waals surface area (Å²) in [6.45, 7) is 0.210. The molecule has 10 nitrogen and oxygen atoms in total. The van der Waals surface area contributed by atoms with E-state index in [-0.39, 0.29) is 17.4 Å². The molecule has 0 unspecified atom stereocenters. The number of hydrogen-bond acceptors (Lipinski definition) is 9. The molecule has 4 rings (SSSR count). The summed E-state index contributed by atoms with van der Waals surface area (Å²) in [7, 11) is -0.410. The molecule has 0 aliphatic rings. The second kappa shape index (κ2) is 8.88. The Bertz CT molecular complexity index is 1290. The van der Waals surface area contributed by atoms with Crippen molar-refractivity contribution in [3.63, 3.8) is 0 Å². The van der Waals surface area contributed by atoms with E-state index in [1.165, 1.54) is 0 Å². The van der Waals surface area contributed by atoms with E-state index in [2.05, 4.69) is 20.0 Å². The first kappa shape index (κ1) is 21.0. The van der Waals surface area contributed by atoms with E-state index in [0.717, 1.165) is 16.9 Å². The monoisotopic (exact) mass is 461 g/mol. The van der Waals surface area contributed by atoms with Crippen LogP contribution in [0.25, 0.3) is 17.0 Å². The normalized spacial score (nSPS) is 11.5. The van der Waals surface area contributed by atoms with Gasteiger partial charge in [0.15, 0.2) is 23.0 Å². The first-order chi connectivity index (χ1) is 15.0. The molecule has 3 heterocycles. The van der Waals surface area contributed by atoms with Crippen LogP contribution in [0.3, 0.4) is 0 Å². The Balaban J connectivity index is 1.48. The molecular formula is C19H19N5O5S2. The van der Waals surface area contributed by atoms with E-state index in [0.29, 0.717) is 28.9 Å². The summed E-state index contributed by atoms with van der Waals surface area (Å²) in [6.07, 6.45) is 0. The minimum atomic E-state index is -3.53. The van der Waals surface area contributed by atoms with Gasteiger partial charge in [-0.3, -0.25) is 0 Å². The van der Waals surface area contributed by atoms with Crippen molar-refractivity contribution in [1.29, 1.82) is 0 Å². The standard InChI is InChI=1S/C19H19N5O5S2/c1-27-14-6-5-13(12-15(14)28-2)19-22-21-16-7-8-17(23-24(16)19)29-10-9-20-31(25,26)18-4-3-11-30-18/h3-8,11-12,20H,9-10H2,1-2H3. The molecule has 0 atom stereocenters. The lowest BCUT2D eigenvalue weighted by atomic mass is 10.2. The van der Waals surface area contributed by atoms with Crippen LogP contribution in [0.15, 0.2) is 52.1 Å². The summed E-state index contributed by atoms with van der Waals surface area (Å²) in [4.78, 5) is 0. The van der Waals surface area contributed by atoms with Gasteiger partial charge in [-0.2, -0.15) is 4.52 Å². The molecule has 0 aliphatic carbocycles. The van der Waals surface area contributed by atoms with Crippen LogP contribution in [-0.4, -0.2) is 55.6 Å². The average Bonchev–Trinajstić information content (AvgIpc) is 3.46. The summed E-state index contributed by atoms with van der Waals surface area (Å²) in [5.74, 6) is 1.97. The van der Waals surface area contributed by atoms with Crippen LogP contribution in [-0.2, 0) is 10.0 Å². The van der Waals surface area contributed by atoms with Crippen LogP contribution < -0.4 is 18.9 Å². The number of sulfonamides is 1. The number of ether oxygens (including phenoxy) is 3. The summed E-state index contributed by atoms with van der Waals surface area (Å²) in [5, 5.41) is 14.5. The minimum absolute atomic E-state index is 0.102. The summed E-state index contributed by atoms with van der Waals surface area (Å²) < 4.78 is 44.8. The van der Waals surface area contributed by atoms with Gasteiger partial charge in [0.1, 0.15) is 10.8 Å². The van der Waals surface area contributed by atoms with E-state index in [1.54, 1.807) is 60.5 Å². The van der Waals surface area contributed by atoms with E-state index in [9.17, 15) is 8.42 Å². The van der Waals surface area contributed by atoms with E-state index >= 15 is 0 Å². The van der Waals surface area contributed by atoms with Gasteiger partial charge in [0.2, 0.25) is 15.9 Å². The molecule has 1 N–H and O–H groups in total. The van der Waals surface area contributed by atoms with Gasteiger partial charge in [0.05, 0.1) is 14.2 Å². The number of nitrogens with zero attached hydrogens (tertiary/aromatic N) is 4. The number of rotatable bonds is 9. The lowest BCUT2D eigenvalue weighted by Gasteiger charge is -2.09. The van der Waals surface area contributed by atoms with Gasteiger partial charge in [0.25, 0.3) is 0 Å². The van der Waals surface area contributed by atoms with E-state index < -0.39 is 10.0 Å². The number of nitrogens with one attached hydrogen (secondary N) is 1. The Morgan fingerprint density at radius 2 is 1.90 bits per heavy atom. The second-order valence-corrected chi connectivity index (χ2v) is 9.15. The molecule has 0 aliphatic heterocycles. The number of methoxy groups -OCH3 is 2. The van der Waals surface area contributed by atoms with Gasteiger partial charge in [-0.25, -0.2) is 13.1 Å². The molecule has 0 spiro atoms. The smallest absolute Gasteiger partial charge is 0.250 e. The zero-order valence-electron chi connectivity index (χ0n) is 16.7.